The van der Waals surface area contributed by atoms with E-state index in [0.717, 1.165) is 55.2 Å². The van der Waals surface area contributed by atoms with E-state index in [9.17, 15) is 0 Å². The zero-order valence-electron chi connectivity index (χ0n) is 29.1. The van der Waals surface area contributed by atoms with Gasteiger partial charge >= 0.3 is 0 Å². The molecule has 0 N–H and O–H groups in total. The van der Waals surface area contributed by atoms with Crippen LogP contribution in [0, 0.1) is 0 Å². The summed E-state index contributed by atoms with van der Waals surface area (Å²) in [4.78, 5) is 10.6. The van der Waals surface area contributed by atoms with Crippen LogP contribution in [0.3, 0.4) is 0 Å². The number of aromatic nitrogens is 2. The van der Waals surface area contributed by atoms with Crippen LogP contribution in [0.1, 0.15) is 22.3 Å². The highest BCUT2D eigenvalue weighted by Gasteiger charge is 2.50. The van der Waals surface area contributed by atoms with E-state index in [-0.39, 0.29) is 0 Å². The Kier molecular flexibility index (Phi) is 5.98. The van der Waals surface area contributed by atoms with E-state index in [1.807, 2.05) is 6.07 Å². The second-order valence-electron chi connectivity index (χ2n) is 14.4. The zero-order valence-corrected chi connectivity index (χ0v) is 29.1. The topological polar surface area (TPSA) is 38.9 Å². The van der Waals surface area contributed by atoms with Gasteiger partial charge in [0.05, 0.1) is 16.6 Å². The summed E-state index contributed by atoms with van der Waals surface area (Å²) in [5, 5.41) is 3.30. The molecule has 250 valence electrons. The van der Waals surface area contributed by atoms with Crippen LogP contribution in [0.4, 0.5) is 0 Å². The molecule has 0 aliphatic heterocycles. The van der Waals surface area contributed by atoms with Crippen LogP contribution in [0.15, 0.2) is 186 Å². The molecular formula is C51H30N2O. The maximum absolute atomic E-state index is 6.82. The number of benzene rings is 8. The summed E-state index contributed by atoms with van der Waals surface area (Å²) in [6.07, 6.45) is 0. The van der Waals surface area contributed by atoms with Crippen molar-refractivity contribution in [1.82, 2.24) is 9.97 Å². The Labute approximate surface area is 311 Å². The van der Waals surface area contributed by atoms with Gasteiger partial charge in [0.25, 0.3) is 0 Å². The first-order chi connectivity index (χ1) is 26.8. The molecule has 0 radical (unpaired) electrons. The molecule has 1 atom stereocenters. The van der Waals surface area contributed by atoms with Gasteiger partial charge in [-0.15, -0.1) is 0 Å². The van der Waals surface area contributed by atoms with Crippen molar-refractivity contribution in [3.63, 3.8) is 0 Å². The zero-order chi connectivity index (χ0) is 35.4. The Morgan fingerprint density at radius 3 is 1.83 bits per heavy atom. The van der Waals surface area contributed by atoms with Gasteiger partial charge in [-0.1, -0.05) is 164 Å². The van der Waals surface area contributed by atoms with Crippen molar-refractivity contribution in [3.8, 4) is 56.0 Å². The summed E-state index contributed by atoms with van der Waals surface area (Å²) in [6, 6.07) is 65.5. The maximum Gasteiger partial charge on any atom is 0.160 e. The molecule has 3 nitrogen and oxygen atoms in total. The average Bonchev–Trinajstić information content (AvgIpc) is 3.74. The van der Waals surface area contributed by atoms with Gasteiger partial charge in [-0.2, -0.15) is 0 Å². The summed E-state index contributed by atoms with van der Waals surface area (Å²) in [5.74, 6) is 0.704. The van der Waals surface area contributed by atoms with Gasteiger partial charge in [-0.05, 0) is 68.3 Å². The molecule has 0 saturated heterocycles. The first-order valence-corrected chi connectivity index (χ1v) is 18.5. The van der Waals surface area contributed by atoms with E-state index in [4.69, 9.17) is 14.4 Å². The van der Waals surface area contributed by atoms with Gasteiger partial charge in [-0.3, -0.25) is 0 Å². The van der Waals surface area contributed by atoms with Crippen molar-refractivity contribution >= 4 is 32.8 Å². The monoisotopic (exact) mass is 686 g/mol. The molecule has 0 fully saturated rings. The molecule has 0 bridgehead atoms. The molecule has 2 aliphatic rings. The number of rotatable bonds is 2. The normalized spacial score (nSPS) is 15.1. The van der Waals surface area contributed by atoms with Crippen molar-refractivity contribution < 1.29 is 4.42 Å². The second-order valence-corrected chi connectivity index (χ2v) is 14.4. The van der Waals surface area contributed by atoms with E-state index < -0.39 is 5.41 Å². The molecule has 3 heteroatoms. The van der Waals surface area contributed by atoms with Crippen LogP contribution >= 0.6 is 0 Å². The van der Waals surface area contributed by atoms with Gasteiger partial charge in [0.1, 0.15) is 11.2 Å². The first kappa shape index (κ1) is 29.5. The molecule has 1 spiro atoms. The Hall–Kier alpha value is -7.10. The van der Waals surface area contributed by atoms with E-state index >= 15 is 0 Å². The Morgan fingerprint density at radius 2 is 1.02 bits per heavy atom. The Bertz CT molecular complexity index is 3180. The number of fused-ring (bicyclic) bond motifs is 17. The molecule has 12 rings (SSSR count). The largest absolute Gasteiger partial charge is 0.455 e. The SMILES string of the molecule is c1ccc(-c2nc(-c3ccc4c(c3)C3(c5ccccc5-c5ccccc5-4)c4ccccc4-c4c3ccc3c4oc4ccccc43)nc3ccccc23)cc1. The van der Waals surface area contributed by atoms with Crippen LogP contribution in [-0.2, 0) is 5.41 Å². The maximum atomic E-state index is 6.82. The number of furan rings is 1. The second kappa shape index (κ2) is 11.0. The lowest BCUT2D eigenvalue weighted by Crippen LogP contribution is -2.29. The third-order valence-corrected chi connectivity index (χ3v) is 11.7. The van der Waals surface area contributed by atoms with Gasteiger partial charge in [-0.25, -0.2) is 9.97 Å². The fraction of sp³-hybridized carbons (Fsp3) is 0.0196. The number of para-hydroxylation sites is 2. The predicted molar refractivity (Wildman–Crippen MR) is 219 cm³/mol. The van der Waals surface area contributed by atoms with Crippen molar-refractivity contribution in [2.45, 2.75) is 5.41 Å². The Balaban J connectivity index is 1.23. The van der Waals surface area contributed by atoms with E-state index in [1.165, 1.54) is 50.1 Å². The van der Waals surface area contributed by atoms with E-state index in [0.29, 0.717) is 5.82 Å². The van der Waals surface area contributed by atoms with Crippen molar-refractivity contribution in [3.05, 3.63) is 204 Å². The third kappa shape index (κ3) is 3.85. The molecule has 2 aliphatic carbocycles. The summed E-state index contributed by atoms with van der Waals surface area (Å²) < 4.78 is 6.82. The van der Waals surface area contributed by atoms with Crippen molar-refractivity contribution in [1.29, 1.82) is 0 Å². The quantitative estimate of drug-likeness (QED) is 0.182. The highest BCUT2D eigenvalue weighted by Crippen LogP contribution is 2.63. The number of hydrogen-bond acceptors (Lipinski definition) is 3. The van der Waals surface area contributed by atoms with E-state index in [1.54, 1.807) is 0 Å². The minimum absolute atomic E-state index is 0.668. The molecule has 8 aromatic carbocycles. The third-order valence-electron chi connectivity index (χ3n) is 11.7. The lowest BCUT2D eigenvalue weighted by atomic mass is 9.65. The van der Waals surface area contributed by atoms with Gasteiger partial charge in [0.2, 0.25) is 0 Å². The van der Waals surface area contributed by atoms with Crippen LogP contribution < -0.4 is 0 Å². The lowest BCUT2D eigenvalue weighted by molar-refractivity contribution is 0.669. The summed E-state index contributed by atoms with van der Waals surface area (Å²) in [7, 11) is 0. The molecule has 2 heterocycles. The smallest absolute Gasteiger partial charge is 0.160 e. The van der Waals surface area contributed by atoms with E-state index in [2.05, 4.69) is 176 Å². The molecular weight excluding hydrogens is 657 g/mol. The average molecular weight is 687 g/mol. The fourth-order valence-corrected chi connectivity index (χ4v) is 9.52. The van der Waals surface area contributed by atoms with Gasteiger partial charge < -0.3 is 4.42 Å². The standard InChI is InChI=1S/C51H30N2O/c1-2-14-31(15-3-1)48-40-21-8-12-24-45(40)52-50(53-48)32-26-27-36-34-17-5-4-16-33(34)35-18-6-10-22-41(35)51(44(36)30-32)42-23-11-7-20-39(42)47-43(51)29-28-38-37-19-9-13-25-46(37)54-49(38)47/h1-30H. The number of nitrogens with zero attached hydrogens (tertiary/aromatic N) is 2. The van der Waals surface area contributed by atoms with Crippen LogP contribution in [0.5, 0.6) is 0 Å². The molecule has 54 heavy (non-hydrogen) atoms. The highest BCUT2D eigenvalue weighted by molar-refractivity contribution is 6.13. The summed E-state index contributed by atoms with van der Waals surface area (Å²) in [5.41, 5.74) is 17.2. The van der Waals surface area contributed by atoms with Crippen LogP contribution in [0.2, 0.25) is 0 Å². The Morgan fingerprint density at radius 1 is 0.389 bits per heavy atom. The number of hydrogen-bond donors (Lipinski definition) is 0. The van der Waals surface area contributed by atoms with Gasteiger partial charge in [0.15, 0.2) is 5.82 Å². The molecule has 0 amide bonds. The van der Waals surface area contributed by atoms with Crippen LogP contribution in [0.25, 0.3) is 88.9 Å². The van der Waals surface area contributed by atoms with Crippen molar-refractivity contribution in [2.24, 2.45) is 0 Å². The molecule has 1 unspecified atom stereocenters. The fourth-order valence-electron chi connectivity index (χ4n) is 9.52. The molecule has 10 aromatic rings. The van der Waals surface area contributed by atoms with Crippen LogP contribution in [-0.4, -0.2) is 9.97 Å². The van der Waals surface area contributed by atoms with Crippen molar-refractivity contribution in [2.75, 3.05) is 0 Å². The molecule has 0 saturated carbocycles. The predicted octanol–water partition coefficient (Wildman–Crippen LogP) is 12.9. The van der Waals surface area contributed by atoms with Gasteiger partial charge in [0, 0.05) is 32.8 Å². The molecule has 2 aromatic heterocycles. The summed E-state index contributed by atoms with van der Waals surface area (Å²) >= 11 is 0. The summed E-state index contributed by atoms with van der Waals surface area (Å²) in [6.45, 7) is 0. The highest BCUT2D eigenvalue weighted by atomic mass is 16.3. The first-order valence-electron chi connectivity index (χ1n) is 18.5. The minimum atomic E-state index is -0.668. The lowest BCUT2D eigenvalue weighted by Gasteiger charge is -2.35. The minimum Gasteiger partial charge on any atom is -0.455 e.